The standard InChI is InChI=1S/C22H20FN5OS2/c1-3-27-20(16-9-5-4-6-10-16)25-26-22(27)31-14-17-13-30-21(24-17)28(15(2)29)19-12-8-7-11-18(19)23/h4-13H,3,14H2,1-2H3. The third kappa shape index (κ3) is 4.52. The van der Waals surface area contributed by atoms with Crippen LogP contribution in [0.2, 0.25) is 0 Å². The Morgan fingerprint density at radius 2 is 1.87 bits per heavy atom. The Morgan fingerprint density at radius 1 is 1.13 bits per heavy atom. The Labute approximate surface area is 187 Å². The second kappa shape index (κ2) is 9.40. The van der Waals surface area contributed by atoms with E-state index in [9.17, 15) is 9.18 Å². The molecular weight excluding hydrogens is 433 g/mol. The third-order valence-corrected chi connectivity index (χ3v) is 6.43. The monoisotopic (exact) mass is 453 g/mol. The largest absolute Gasteiger partial charge is 0.302 e. The van der Waals surface area contributed by atoms with E-state index in [4.69, 9.17) is 0 Å². The van der Waals surface area contributed by atoms with Gasteiger partial charge in [-0.05, 0) is 19.1 Å². The van der Waals surface area contributed by atoms with E-state index in [0.29, 0.717) is 10.9 Å². The molecule has 1 amide bonds. The highest BCUT2D eigenvalue weighted by Crippen LogP contribution is 2.33. The third-order valence-electron chi connectivity index (χ3n) is 4.55. The molecule has 0 atom stereocenters. The first-order valence-electron chi connectivity index (χ1n) is 9.69. The molecule has 0 unspecified atom stereocenters. The molecule has 0 aliphatic carbocycles. The van der Waals surface area contributed by atoms with Crippen LogP contribution in [0.1, 0.15) is 19.5 Å². The summed E-state index contributed by atoms with van der Waals surface area (Å²) in [4.78, 5) is 18.1. The lowest BCUT2D eigenvalue weighted by Gasteiger charge is -2.18. The predicted octanol–water partition coefficient (Wildman–Crippen LogP) is 5.54. The van der Waals surface area contributed by atoms with Crippen molar-refractivity contribution in [3.05, 3.63) is 71.5 Å². The molecule has 0 spiro atoms. The molecule has 31 heavy (non-hydrogen) atoms. The minimum absolute atomic E-state index is 0.196. The normalized spacial score (nSPS) is 10.9. The van der Waals surface area contributed by atoms with Crippen LogP contribution in [0.15, 0.2) is 65.1 Å². The first-order chi connectivity index (χ1) is 15.1. The summed E-state index contributed by atoms with van der Waals surface area (Å²) in [5, 5.41) is 11.8. The van der Waals surface area contributed by atoms with Crippen LogP contribution in [0.3, 0.4) is 0 Å². The first-order valence-corrected chi connectivity index (χ1v) is 11.6. The summed E-state index contributed by atoms with van der Waals surface area (Å²) in [5.74, 6) is 0.629. The van der Waals surface area contributed by atoms with Gasteiger partial charge in [0.25, 0.3) is 0 Å². The van der Waals surface area contributed by atoms with Crippen molar-refractivity contribution in [3.63, 3.8) is 0 Å². The van der Waals surface area contributed by atoms with Gasteiger partial charge in [-0.1, -0.05) is 54.2 Å². The Kier molecular flexibility index (Phi) is 6.43. The number of anilines is 2. The predicted molar refractivity (Wildman–Crippen MR) is 122 cm³/mol. The van der Waals surface area contributed by atoms with Gasteiger partial charge in [0.1, 0.15) is 5.82 Å². The molecule has 0 bridgehead atoms. The van der Waals surface area contributed by atoms with Crippen LogP contribution in [-0.2, 0) is 17.1 Å². The highest BCUT2D eigenvalue weighted by molar-refractivity contribution is 7.98. The second-order valence-corrected chi connectivity index (χ2v) is 8.41. The lowest BCUT2D eigenvalue weighted by atomic mass is 10.2. The van der Waals surface area contributed by atoms with Crippen molar-refractivity contribution in [2.45, 2.75) is 31.3 Å². The zero-order chi connectivity index (χ0) is 21.8. The lowest BCUT2D eigenvalue weighted by Crippen LogP contribution is -2.23. The number of benzene rings is 2. The molecule has 0 aliphatic rings. The van der Waals surface area contributed by atoms with Gasteiger partial charge in [-0.15, -0.1) is 21.5 Å². The van der Waals surface area contributed by atoms with E-state index in [1.54, 1.807) is 18.2 Å². The average Bonchev–Trinajstić information content (AvgIpc) is 3.41. The number of nitrogens with zero attached hydrogens (tertiary/aromatic N) is 5. The summed E-state index contributed by atoms with van der Waals surface area (Å²) in [5.41, 5.74) is 2.00. The van der Waals surface area contributed by atoms with Crippen molar-refractivity contribution in [3.8, 4) is 11.4 Å². The van der Waals surface area contributed by atoms with Crippen LogP contribution in [0.25, 0.3) is 11.4 Å². The number of para-hydroxylation sites is 1. The molecule has 9 heteroatoms. The van der Waals surface area contributed by atoms with Crippen molar-refractivity contribution in [1.29, 1.82) is 0 Å². The quantitative estimate of drug-likeness (QED) is 0.344. The Balaban J connectivity index is 1.53. The fraction of sp³-hybridized carbons (Fsp3) is 0.182. The van der Waals surface area contributed by atoms with Gasteiger partial charge < -0.3 is 4.57 Å². The fourth-order valence-electron chi connectivity index (χ4n) is 3.13. The van der Waals surface area contributed by atoms with Crippen molar-refractivity contribution in [2.75, 3.05) is 4.90 Å². The smallest absolute Gasteiger partial charge is 0.230 e. The molecule has 0 aliphatic heterocycles. The van der Waals surface area contributed by atoms with Gasteiger partial charge >= 0.3 is 0 Å². The molecule has 6 nitrogen and oxygen atoms in total. The zero-order valence-corrected chi connectivity index (χ0v) is 18.7. The molecule has 2 aromatic heterocycles. The van der Waals surface area contributed by atoms with E-state index in [0.717, 1.165) is 28.8 Å². The topological polar surface area (TPSA) is 63.9 Å². The van der Waals surface area contributed by atoms with Crippen LogP contribution in [0, 0.1) is 5.82 Å². The second-order valence-electron chi connectivity index (χ2n) is 6.63. The van der Waals surface area contributed by atoms with Crippen molar-refractivity contribution >= 4 is 39.8 Å². The minimum Gasteiger partial charge on any atom is -0.302 e. The summed E-state index contributed by atoms with van der Waals surface area (Å²) < 4.78 is 16.3. The van der Waals surface area contributed by atoms with Crippen LogP contribution in [0.5, 0.6) is 0 Å². The summed E-state index contributed by atoms with van der Waals surface area (Å²) in [6.45, 7) is 4.20. The number of aromatic nitrogens is 4. The molecule has 0 saturated carbocycles. The molecule has 158 valence electrons. The van der Waals surface area contributed by atoms with E-state index in [-0.39, 0.29) is 11.6 Å². The molecule has 4 aromatic rings. The van der Waals surface area contributed by atoms with Gasteiger partial charge in [-0.25, -0.2) is 9.37 Å². The van der Waals surface area contributed by atoms with Gasteiger partial charge in [0.05, 0.1) is 11.4 Å². The summed E-state index contributed by atoms with van der Waals surface area (Å²) in [6, 6.07) is 16.1. The summed E-state index contributed by atoms with van der Waals surface area (Å²) >= 11 is 2.84. The van der Waals surface area contributed by atoms with Crippen LogP contribution < -0.4 is 4.90 Å². The number of hydrogen-bond donors (Lipinski definition) is 0. The Hall–Kier alpha value is -3.04. The Bertz CT molecular complexity index is 1190. The first kappa shape index (κ1) is 21.2. The number of halogens is 1. The maximum absolute atomic E-state index is 14.2. The molecule has 4 rings (SSSR count). The van der Waals surface area contributed by atoms with Crippen molar-refractivity contribution < 1.29 is 9.18 Å². The molecule has 2 aromatic carbocycles. The van der Waals surface area contributed by atoms with E-state index in [1.165, 1.54) is 41.0 Å². The number of carbonyl (C=O) groups excluding carboxylic acids is 1. The van der Waals surface area contributed by atoms with E-state index >= 15 is 0 Å². The molecule has 0 saturated heterocycles. The SMILES string of the molecule is CCn1c(SCc2csc(N(C(C)=O)c3ccccc3F)n2)nnc1-c1ccccc1. The molecular formula is C22H20FN5OS2. The van der Waals surface area contributed by atoms with Crippen LogP contribution >= 0.6 is 23.1 Å². The number of thiazole rings is 1. The maximum atomic E-state index is 14.2. The van der Waals surface area contributed by atoms with Gasteiger partial charge in [0.2, 0.25) is 5.91 Å². The highest BCUT2D eigenvalue weighted by Gasteiger charge is 2.21. The van der Waals surface area contributed by atoms with E-state index in [1.807, 2.05) is 35.7 Å². The molecule has 0 N–H and O–H groups in total. The number of hydrogen-bond acceptors (Lipinski definition) is 6. The van der Waals surface area contributed by atoms with Crippen LogP contribution in [-0.4, -0.2) is 25.7 Å². The number of amides is 1. The van der Waals surface area contributed by atoms with E-state index in [2.05, 4.69) is 26.7 Å². The van der Waals surface area contributed by atoms with Crippen LogP contribution in [0.4, 0.5) is 15.2 Å². The van der Waals surface area contributed by atoms with Crippen molar-refractivity contribution in [2.24, 2.45) is 0 Å². The minimum atomic E-state index is -0.465. The zero-order valence-electron chi connectivity index (χ0n) is 17.0. The summed E-state index contributed by atoms with van der Waals surface area (Å²) in [7, 11) is 0. The summed E-state index contributed by atoms with van der Waals surface area (Å²) in [6.07, 6.45) is 0. The average molecular weight is 454 g/mol. The molecule has 0 fully saturated rings. The van der Waals surface area contributed by atoms with Gasteiger partial charge in [-0.2, -0.15) is 0 Å². The Morgan fingerprint density at radius 3 is 2.58 bits per heavy atom. The van der Waals surface area contributed by atoms with Gasteiger partial charge in [0, 0.05) is 30.2 Å². The number of thioether (sulfide) groups is 1. The highest BCUT2D eigenvalue weighted by atomic mass is 32.2. The molecule has 0 radical (unpaired) electrons. The number of rotatable bonds is 7. The van der Waals surface area contributed by atoms with E-state index < -0.39 is 5.82 Å². The lowest BCUT2D eigenvalue weighted by molar-refractivity contribution is -0.115. The maximum Gasteiger partial charge on any atom is 0.230 e. The number of carbonyl (C=O) groups is 1. The van der Waals surface area contributed by atoms with Gasteiger partial charge in [-0.3, -0.25) is 9.69 Å². The molecule has 2 heterocycles. The van der Waals surface area contributed by atoms with Crippen molar-refractivity contribution in [1.82, 2.24) is 19.7 Å². The fourth-order valence-corrected chi connectivity index (χ4v) is 5.01. The van der Waals surface area contributed by atoms with Gasteiger partial charge in [0.15, 0.2) is 16.1 Å².